The van der Waals surface area contributed by atoms with Crippen molar-refractivity contribution in [1.82, 2.24) is 10.1 Å². The number of nitrogens with zero attached hydrogens (tertiary/aromatic N) is 2. The van der Waals surface area contributed by atoms with Crippen LogP contribution in [0.2, 0.25) is 0 Å². The fourth-order valence-corrected chi connectivity index (χ4v) is 2.49. The second-order valence-electron chi connectivity index (χ2n) is 4.82. The molecule has 1 heterocycles. The maximum Gasteiger partial charge on any atom is 0.310 e. The second kappa shape index (κ2) is 4.85. The van der Waals surface area contributed by atoms with Gasteiger partial charge in [0.05, 0.1) is 5.41 Å². The summed E-state index contributed by atoms with van der Waals surface area (Å²) in [6, 6.07) is 0. The highest BCUT2D eigenvalue weighted by Crippen LogP contribution is 2.40. The van der Waals surface area contributed by atoms with Gasteiger partial charge in [-0.3, -0.25) is 4.79 Å². The maximum absolute atomic E-state index is 11.4. The Balaban J connectivity index is 2.09. The Bertz CT molecular complexity index is 394. The second-order valence-corrected chi connectivity index (χ2v) is 4.82. The number of carbonyl (C=O) groups is 1. The van der Waals surface area contributed by atoms with Gasteiger partial charge in [-0.2, -0.15) is 4.98 Å². The van der Waals surface area contributed by atoms with Gasteiger partial charge in [0.2, 0.25) is 5.89 Å². The summed E-state index contributed by atoms with van der Waals surface area (Å²) in [4.78, 5) is 15.6. The molecule has 0 unspecified atom stereocenters. The molecule has 2 rings (SSSR count). The molecule has 0 saturated heterocycles. The fourth-order valence-electron chi connectivity index (χ4n) is 2.49. The van der Waals surface area contributed by atoms with E-state index >= 15 is 0 Å². The summed E-state index contributed by atoms with van der Waals surface area (Å²) in [7, 11) is 0. The van der Waals surface area contributed by atoms with E-state index < -0.39 is 11.4 Å². The minimum absolute atomic E-state index is 0.374. The van der Waals surface area contributed by atoms with Crippen LogP contribution in [0.1, 0.15) is 50.7 Å². The predicted molar refractivity (Wildman–Crippen MR) is 60.5 cm³/mol. The van der Waals surface area contributed by atoms with Crippen LogP contribution in [-0.4, -0.2) is 21.2 Å². The third-order valence-electron chi connectivity index (χ3n) is 3.49. The first-order chi connectivity index (χ1) is 8.16. The van der Waals surface area contributed by atoms with Crippen LogP contribution in [0, 0.1) is 5.41 Å². The van der Waals surface area contributed by atoms with Crippen LogP contribution in [0.5, 0.6) is 0 Å². The molecule has 1 aliphatic rings. The van der Waals surface area contributed by atoms with Crippen LogP contribution in [0.15, 0.2) is 4.52 Å². The minimum atomic E-state index is -0.731. The Hall–Kier alpha value is -1.39. The zero-order chi connectivity index (χ0) is 12.3. The van der Waals surface area contributed by atoms with E-state index in [1.807, 2.05) is 6.92 Å². The first kappa shape index (κ1) is 12.1. The normalized spacial score (nSPS) is 18.4. The van der Waals surface area contributed by atoms with Gasteiger partial charge in [0.15, 0.2) is 5.82 Å². The molecule has 0 aromatic carbocycles. The van der Waals surface area contributed by atoms with Crippen LogP contribution in [0.3, 0.4) is 0 Å². The van der Waals surface area contributed by atoms with Crippen molar-refractivity contribution in [2.24, 2.45) is 5.41 Å². The molecule has 5 heteroatoms. The number of carboxylic acids is 1. The first-order valence-corrected chi connectivity index (χ1v) is 6.21. The van der Waals surface area contributed by atoms with Crippen LogP contribution < -0.4 is 0 Å². The molecule has 0 radical (unpaired) electrons. The lowest BCUT2D eigenvalue weighted by Crippen LogP contribution is -2.30. The molecule has 94 valence electrons. The third-order valence-corrected chi connectivity index (χ3v) is 3.49. The molecule has 1 aromatic heterocycles. The Morgan fingerprint density at radius 1 is 1.47 bits per heavy atom. The highest BCUT2D eigenvalue weighted by atomic mass is 16.5. The summed E-state index contributed by atoms with van der Waals surface area (Å²) in [6.45, 7) is 2.05. The SMILES string of the molecule is CCCc1noc(CC2(C(=O)O)CCCC2)n1. The molecule has 1 saturated carbocycles. The molecule has 5 nitrogen and oxygen atoms in total. The van der Waals surface area contributed by atoms with E-state index in [2.05, 4.69) is 10.1 Å². The van der Waals surface area contributed by atoms with Crippen molar-refractivity contribution in [3.63, 3.8) is 0 Å². The van der Waals surface area contributed by atoms with Gasteiger partial charge in [0, 0.05) is 12.8 Å². The first-order valence-electron chi connectivity index (χ1n) is 6.21. The van der Waals surface area contributed by atoms with Crippen LogP contribution in [-0.2, 0) is 17.6 Å². The van der Waals surface area contributed by atoms with Crippen molar-refractivity contribution in [2.75, 3.05) is 0 Å². The Kier molecular flexibility index (Phi) is 3.45. The molecular weight excluding hydrogens is 220 g/mol. The van der Waals surface area contributed by atoms with Crippen molar-refractivity contribution in [1.29, 1.82) is 0 Å². The molecule has 0 amide bonds. The van der Waals surface area contributed by atoms with E-state index in [9.17, 15) is 9.90 Å². The summed E-state index contributed by atoms with van der Waals surface area (Å²) in [5, 5.41) is 13.2. The number of carboxylic acid groups (broad SMARTS) is 1. The Labute approximate surface area is 100 Å². The molecule has 0 bridgehead atoms. The zero-order valence-corrected chi connectivity index (χ0v) is 10.1. The zero-order valence-electron chi connectivity index (χ0n) is 10.1. The average Bonchev–Trinajstić information content (AvgIpc) is 2.90. The van der Waals surface area contributed by atoms with Crippen LogP contribution in [0.25, 0.3) is 0 Å². The Morgan fingerprint density at radius 3 is 2.76 bits per heavy atom. The molecule has 17 heavy (non-hydrogen) atoms. The Morgan fingerprint density at radius 2 is 2.18 bits per heavy atom. The van der Waals surface area contributed by atoms with E-state index in [0.29, 0.717) is 31.0 Å². The summed E-state index contributed by atoms with van der Waals surface area (Å²) >= 11 is 0. The van der Waals surface area contributed by atoms with E-state index in [0.717, 1.165) is 25.7 Å². The van der Waals surface area contributed by atoms with Crippen molar-refractivity contribution in [3.8, 4) is 0 Å². The number of hydrogen-bond acceptors (Lipinski definition) is 4. The third kappa shape index (κ3) is 2.48. The summed E-state index contributed by atoms with van der Waals surface area (Å²) in [5.74, 6) is 0.420. The van der Waals surface area contributed by atoms with E-state index in [-0.39, 0.29) is 0 Å². The van der Waals surface area contributed by atoms with E-state index in [1.54, 1.807) is 0 Å². The van der Waals surface area contributed by atoms with Crippen molar-refractivity contribution in [2.45, 2.75) is 51.9 Å². The molecule has 0 spiro atoms. The van der Waals surface area contributed by atoms with Crippen LogP contribution in [0.4, 0.5) is 0 Å². The van der Waals surface area contributed by atoms with Crippen molar-refractivity contribution < 1.29 is 14.4 Å². The molecule has 1 aromatic rings. The number of hydrogen-bond donors (Lipinski definition) is 1. The van der Waals surface area contributed by atoms with Gasteiger partial charge in [-0.05, 0) is 19.3 Å². The average molecular weight is 238 g/mol. The number of rotatable bonds is 5. The number of aryl methyl sites for hydroxylation is 1. The molecule has 1 N–H and O–H groups in total. The maximum atomic E-state index is 11.4. The molecular formula is C12H18N2O3. The molecule has 1 fully saturated rings. The quantitative estimate of drug-likeness (QED) is 0.851. The van der Waals surface area contributed by atoms with Crippen molar-refractivity contribution in [3.05, 3.63) is 11.7 Å². The topological polar surface area (TPSA) is 76.2 Å². The van der Waals surface area contributed by atoms with Crippen molar-refractivity contribution >= 4 is 5.97 Å². The van der Waals surface area contributed by atoms with Gasteiger partial charge in [0.1, 0.15) is 0 Å². The van der Waals surface area contributed by atoms with Gasteiger partial charge in [-0.25, -0.2) is 0 Å². The summed E-state index contributed by atoms with van der Waals surface area (Å²) in [5.41, 5.74) is -0.671. The summed E-state index contributed by atoms with van der Waals surface area (Å²) in [6.07, 6.45) is 5.50. The smallest absolute Gasteiger partial charge is 0.310 e. The predicted octanol–water partition coefficient (Wildman–Crippen LogP) is 2.21. The summed E-state index contributed by atoms with van der Waals surface area (Å²) < 4.78 is 5.13. The van der Waals surface area contributed by atoms with Gasteiger partial charge in [-0.1, -0.05) is 24.9 Å². The fraction of sp³-hybridized carbons (Fsp3) is 0.750. The van der Waals surface area contributed by atoms with E-state index in [1.165, 1.54) is 0 Å². The number of aliphatic carboxylic acids is 1. The van der Waals surface area contributed by atoms with Gasteiger partial charge in [0.25, 0.3) is 0 Å². The van der Waals surface area contributed by atoms with Gasteiger partial charge in [-0.15, -0.1) is 0 Å². The highest BCUT2D eigenvalue weighted by molar-refractivity contribution is 5.75. The molecule has 1 aliphatic carbocycles. The molecule has 0 aliphatic heterocycles. The van der Waals surface area contributed by atoms with Crippen LogP contribution >= 0.6 is 0 Å². The lowest BCUT2D eigenvalue weighted by Gasteiger charge is -2.21. The highest BCUT2D eigenvalue weighted by Gasteiger charge is 2.42. The lowest BCUT2D eigenvalue weighted by atomic mass is 9.83. The minimum Gasteiger partial charge on any atom is -0.481 e. The lowest BCUT2D eigenvalue weighted by molar-refractivity contribution is -0.148. The molecule has 0 atom stereocenters. The largest absolute Gasteiger partial charge is 0.481 e. The van der Waals surface area contributed by atoms with Gasteiger partial charge < -0.3 is 9.63 Å². The van der Waals surface area contributed by atoms with E-state index in [4.69, 9.17) is 4.52 Å². The standard InChI is InChI=1S/C12H18N2O3/c1-2-5-9-13-10(17-14-9)8-12(11(15)16)6-3-4-7-12/h2-8H2,1H3,(H,15,16). The van der Waals surface area contributed by atoms with Gasteiger partial charge >= 0.3 is 5.97 Å². The monoisotopic (exact) mass is 238 g/mol. The number of aromatic nitrogens is 2.